The monoisotopic (exact) mass is 409 g/mol. The fraction of sp³-hybridized carbons (Fsp3) is 0.478. The highest BCUT2D eigenvalue weighted by atomic mass is 16.2. The SMILES string of the molecule is Cc1cc(C)c(NC(=O)CN(C)C(=O)CN2C(=O)[C@@H]3[C@H](C2=O)[C@@H]2C=C[C@H]3C2)c(C)c1. The molecule has 158 valence electrons. The Bertz CT molecular complexity index is 930. The van der Waals surface area contributed by atoms with E-state index in [-0.39, 0.29) is 54.5 Å². The maximum Gasteiger partial charge on any atom is 0.243 e. The molecule has 1 saturated heterocycles. The highest BCUT2D eigenvalue weighted by Gasteiger charge is 2.59. The van der Waals surface area contributed by atoms with Crippen LogP contribution in [0.4, 0.5) is 5.69 Å². The highest BCUT2D eigenvalue weighted by molar-refractivity contribution is 6.08. The van der Waals surface area contributed by atoms with Crippen LogP contribution < -0.4 is 5.32 Å². The number of allylic oxidation sites excluding steroid dienone is 2. The van der Waals surface area contributed by atoms with Gasteiger partial charge in [0, 0.05) is 12.7 Å². The van der Waals surface area contributed by atoms with E-state index >= 15 is 0 Å². The molecule has 0 spiro atoms. The van der Waals surface area contributed by atoms with Crippen molar-refractivity contribution in [3.8, 4) is 0 Å². The van der Waals surface area contributed by atoms with E-state index in [0.29, 0.717) is 0 Å². The number of fused-ring (bicyclic) bond motifs is 5. The third kappa shape index (κ3) is 3.32. The van der Waals surface area contributed by atoms with Crippen LogP contribution in [0, 0.1) is 44.4 Å². The predicted molar refractivity (Wildman–Crippen MR) is 111 cm³/mol. The molecule has 1 aromatic rings. The molecule has 1 heterocycles. The molecular formula is C23H27N3O4. The molecular weight excluding hydrogens is 382 g/mol. The Morgan fingerprint density at radius 2 is 1.57 bits per heavy atom. The number of nitrogens with zero attached hydrogens (tertiary/aromatic N) is 2. The van der Waals surface area contributed by atoms with Crippen LogP contribution in [0.3, 0.4) is 0 Å². The Morgan fingerprint density at radius 1 is 1.03 bits per heavy atom. The molecule has 1 aliphatic heterocycles. The Kier molecular flexibility index (Phi) is 5.00. The Morgan fingerprint density at radius 3 is 2.10 bits per heavy atom. The number of carbonyl (C=O) groups excluding carboxylic acids is 4. The zero-order chi connectivity index (χ0) is 21.7. The van der Waals surface area contributed by atoms with Gasteiger partial charge in [-0.3, -0.25) is 24.1 Å². The number of hydrogen-bond acceptors (Lipinski definition) is 4. The number of likely N-dealkylation sites (N-methyl/N-ethyl adjacent to an activating group) is 1. The van der Waals surface area contributed by atoms with Crippen molar-refractivity contribution in [3.63, 3.8) is 0 Å². The van der Waals surface area contributed by atoms with Crippen LogP contribution in [0.15, 0.2) is 24.3 Å². The number of amides is 4. The first-order valence-corrected chi connectivity index (χ1v) is 10.3. The average molecular weight is 409 g/mol. The van der Waals surface area contributed by atoms with Crippen molar-refractivity contribution < 1.29 is 19.2 Å². The summed E-state index contributed by atoms with van der Waals surface area (Å²) in [6.07, 6.45) is 4.90. The summed E-state index contributed by atoms with van der Waals surface area (Å²) in [5.41, 5.74) is 3.77. The number of aryl methyl sites for hydroxylation is 3. The highest BCUT2D eigenvalue weighted by Crippen LogP contribution is 2.52. The van der Waals surface area contributed by atoms with E-state index in [1.165, 1.54) is 11.9 Å². The molecule has 2 bridgehead atoms. The third-order valence-electron chi connectivity index (χ3n) is 6.60. The second kappa shape index (κ2) is 7.38. The number of benzene rings is 1. The quantitative estimate of drug-likeness (QED) is 0.594. The van der Waals surface area contributed by atoms with E-state index < -0.39 is 5.91 Å². The summed E-state index contributed by atoms with van der Waals surface area (Å²) < 4.78 is 0. The molecule has 0 radical (unpaired) electrons. The van der Waals surface area contributed by atoms with Gasteiger partial charge in [0.25, 0.3) is 0 Å². The van der Waals surface area contributed by atoms with Crippen LogP contribution in [0.25, 0.3) is 0 Å². The van der Waals surface area contributed by atoms with Gasteiger partial charge in [0.1, 0.15) is 6.54 Å². The number of imide groups is 1. The van der Waals surface area contributed by atoms with E-state index in [1.54, 1.807) is 0 Å². The first-order chi connectivity index (χ1) is 14.2. The molecule has 0 unspecified atom stereocenters. The second-order valence-corrected chi connectivity index (χ2v) is 8.83. The Labute approximate surface area is 176 Å². The second-order valence-electron chi connectivity index (χ2n) is 8.83. The molecule has 2 aliphatic carbocycles. The lowest BCUT2D eigenvalue weighted by molar-refractivity contribution is -0.147. The molecule has 4 atom stereocenters. The van der Waals surface area contributed by atoms with Gasteiger partial charge in [0.05, 0.1) is 18.4 Å². The maximum absolute atomic E-state index is 12.7. The number of hydrogen-bond donors (Lipinski definition) is 1. The normalized spacial score (nSPS) is 26.3. The summed E-state index contributed by atoms with van der Waals surface area (Å²) in [6, 6.07) is 3.97. The van der Waals surface area contributed by atoms with Crippen molar-refractivity contribution in [2.75, 3.05) is 25.5 Å². The summed E-state index contributed by atoms with van der Waals surface area (Å²) in [6.45, 7) is 5.38. The molecule has 0 aromatic heterocycles. The van der Waals surface area contributed by atoms with Gasteiger partial charge in [-0.1, -0.05) is 29.8 Å². The van der Waals surface area contributed by atoms with Crippen molar-refractivity contribution in [1.29, 1.82) is 0 Å². The molecule has 1 aromatic carbocycles. The van der Waals surface area contributed by atoms with Crippen LogP contribution in [0.2, 0.25) is 0 Å². The standard InChI is InChI=1S/C23H27N3O4/c1-12-7-13(2)21(14(3)8-12)24-17(27)10-25(4)18(28)11-26-22(29)19-15-5-6-16(9-15)20(19)23(26)30/h5-8,15-16,19-20H,9-11H2,1-4H3,(H,24,27)/t15-,16+,19-,20+. The van der Waals surface area contributed by atoms with Crippen LogP contribution in [-0.2, 0) is 19.2 Å². The van der Waals surface area contributed by atoms with Crippen molar-refractivity contribution >= 4 is 29.3 Å². The number of rotatable bonds is 5. The van der Waals surface area contributed by atoms with Crippen LogP contribution in [0.1, 0.15) is 23.1 Å². The minimum Gasteiger partial charge on any atom is -0.335 e. The number of likely N-dealkylation sites (tertiary alicyclic amines) is 1. The molecule has 7 nitrogen and oxygen atoms in total. The van der Waals surface area contributed by atoms with Gasteiger partial charge in [-0.25, -0.2) is 0 Å². The molecule has 4 amide bonds. The summed E-state index contributed by atoms with van der Waals surface area (Å²) >= 11 is 0. The van der Waals surface area contributed by atoms with Gasteiger partial charge in [0.15, 0.2) is 0 Å². The van der Waals surface area contributed by atoms with E-state index in [0.717, 1.165) is 33.7 Å². The lowest BCUT2D eigenvalue weighted by atomic mass is 9.85. The summed E-state index contributed by atoms with van der Waals surface area (Å²) in [5, 5.41) is 2.87. The van der Waals surface area contributed by atoms with Gasteiger partial charge < -0.3 is 10.2 Å². The maximum atomic E-state index is 12.7. The molecule has 3 aliphatic rings. The van der Waals surface area contributed by atoms with Crippen molar-refractivity contribution in [1.82, 2.24) is 9.80 Å². The first kappa shape index (κ1) is 20.3. The minimum absolute atomic E-state index is 0.112. The minimum atomic E-state index is -0.426. The zero-order valence-corrected chi connectivity index (χ0v) is 17.8. The number of carbonyl (C=O) groups is 4. The largest absolute Gasteiger partial charge is 0.335 e. The van der Waals surface area contributed by atoms with Crippen molar-refractivity contribution in [3.05, 3.63) is 41.0 Å². The fourth-order valence-corrected chi connectivity index (χ4v) is 5.24. The molecule has 30 heavy (non-hydrogen) atoms. The molecule has 4 rings (SSSR count). The average Bonchev–Trinajstić information content (AvgIpc) is 3.34. The van der Waals surface area contributed by atoms with Gasteiger partial charge >= 0.3 is 0 Å². The lowest BCUT2D eigenvalue weighted by Gasteiger charge is -2.22. The Balaban J connectivity index is 1.36. The van der Waals surface area contributed by atoms with Gasteiger partial charge in [-0.15, -0.1) is 0 Å². The number of anilines is 1. The molecule has 2 fully saturated rings. The lowest BCUT2D eigenvalue weighted by Crippen LogP contribution is -2.44. The van der Waals surface area contributed by atoms with Crippen molar-refractivity contribution in [2.45, 2.75) is 27.2 Å². The van der Waals surface area contributed by atoms with Crippen LogP contribution in [-0.4, -0.2) is 53.6 Å². The predicted octanol–water partition coefficient (Wildman–Crippen LogP) is 1.82. The van der Waals surface area contributed by atoms with Gasteiger partial charge in [0.2, 0.25) is 23.6 Å². The summed E-state index contributed by atoms with van der Waals surface area (Å²) in [4.78, 5) is 52.9. The topological polar surface area (TPSA) is 86.8 Å². The summed E-state index contributed by atoms with van der Waals surface area (Å²) in [5.74, 6) is -1.66. The van der Waals surface area contributed by atoms with Crippen LogP contribution in [0.5, 0.6) is 0 Å². The van der Waals surface area contributed by atoms with E-state index in [1.807, 2.05) is 45.1 Å². The number of nitrogens with one attached hydrogen (secondary N) is 1. The fourth-order valence-electron chi connectivity index (χ4n) is 5.24. The Hall–Kier alpha value is -2.96. The van der Waals surface area contributed by atoms with E-state index in [2.05, 4.69) is 5.32 Å². The van der Waals surface area contributed by atoms with Gasteiger partial charge in [-0.2, -0.15) is 0 Å². The first-order valence-electron chi connectivity index (χ1n) is 10.3. The molecule has 1 N–H and O–H groups in total. The molecule has 7 heteroatoms. The van der Waals surface area contributed by atoms with E-state index in [9.17, 15) is 19.2 Å². The zero-order valence-electron chi connectivity index (χ0n) is 17.8. The van der Waals surface area contributed by atoms with Crippen molar-refractivity contribution in [2.24, 2.45) is 23.7 Å². The summed E-state index contributed by atoms with van der Waals surface area (Å²) in [7, 11) is 1.51. The smallest absolute Gasteiger partial charge is 0.243 e. The molecule has 1 saturated carbocycles. The van der Waals surface area contributed by atoms with Gasteiger partial charge in [-0.05, 0) is 50.2 Å². The van der Waals surface area contributed by atoms with E-state index in [4.69, 9.17) is 0 Å². The third-order valence-corrected chi connectivity index (χ3v) is 6.60. The van der Waals surface area contributed by atoms with Crippen LogP contribution >= 0.6 is 0 Å².